The maximum atomic E-state index is 14.4. The Morgan fingerprint density at radius 3 is 2.71 bits per heavy atom. The largest absolute Gasteiger partial charge is 0.381 e. The van der Waals surface area contributed by atoms with Crippen LogP contribution in [0.3, 0.4) is 0 Å². The van der Waals surface area contributed by atoms with Crippen LogP contribution in [-0.2, 0) is 4.79 Å². The first-order chi connectivity index (χ1) is 16.5. The molecule has 9 nitrogen and oxygen atoms in total. The lowest BCUT2D eigenvalue weighted by Gasteiger charge is -2.28. The molecule has 5 rings (SSSR count). The van der Waals surface area contributed by atoms with Crippen molar-refractivity contribution in [3.8, 4) is 11.1 Å². The smallest absolute Gasteiger partial charge is 0.253 e. The zero-order chi connectivity index (χ0) is 25.1. The van der Waals surface area contributed by atoms with E-state index in [0.717, 1.165) is 12.6 Å². The number of rotatable bonds is 5. The summed E-state index contributed by atoms with van der Waals surface area (Å²) in [6, 6.07) is 3.42. The molecule has 3 aromatic rings. The highest BCUT2D eigenvalue weighted by Gasteiger charge is 2.48. The number of carbonyl (C=O) groups excluding carboxylic acids is 2. The van der Waals surface area contributed by atoms with E-state index < -0.39 is 17.3 Å². The second-order valence-corrected chi connectivity index (χ2v) is 10.3. The van der Waals surface area contributed by atoms with Gasteiger partial charge in [0.05, 0.1) is 29.2 Å². The maximum absolute atomic E-state index is 14.4. The molecule has 4 heterocycles. The third-order valence-electron chi connectivity index (χ3n) is 7.48. The Balaban J connectivity index is 1.44. The molecule has 0 radical (unpaired) electrons. The van der Waals surface area contributed by atoms with Crippen LogP contribution in [0.4, 0.5) is 10.1 Å². The predicted molar refractivity (Wildman–Crippen MR) is 128 cm³/mol. The van der Waals surface area contributed by atoms with Gasteiger partial charge in [0, 0.05) is 42.7 Å². The fourth-order valence-electron chi connectivity index (χ4n) is 5.66. The van der Waals surface area contributed by atoms with Gasteiger partial charge in [-0.25, -0.2) is 8.91 Å². The van der Waals surface area contributed by atoms with Crippen LogP contribution in [0.25, 0.3) is 16.6 Å². The Hall–Kier alpha value is -3.53. The lowest BCUT2D eigenvalue weighted by molar-refractivity contribution is -0.147. The molecule has 1 saturated carbocycles. The molecule has 3 aromatic heterocycles. The van der Waals surface area contributed by atoms with Gasteiger partial charge in [-0.05, 0) is 50.2 Å². The molecule has 1 aliphatic heterocycles. The summed E-state index contributed by atoms with van der Waals surface area (Å²) in [6.07, 6.45) is 6.61. The summed E-state index contributed by atoms with van der Waals surface area (Å²) in [5.74, 6) is -0.525. The number of halogens is 1. The number of hydrogen-bond acceptors (Lipinski definition) is 6. The molecule has 2 fully saturated rings. The zero-order valence-corrected chi connectivity index (χ0v) is 19.9. The van der Waals surface area contributed by atoms with Crippen molar-refractivity contribution in [2.24, 2.45) is 23.5 Å². The highest BCUT2D eigenvalue weighted by Crippen LogP contribution is 2.44. The minimum Gasteiger partial charge on any atom is -0.381 e. The number of nitrogens with one attached hydrogen (secondary N) is 1. The summed E-state index contributed by atoms with van der Waals surface area (Å²) in [7, 11) is 0. The number of carbonyl (C=O) groups is 2. The Bertz CT molecular complexity index is 1320. The summed E-state index contributed by atoms with van der Waals surface area (Å²) in [6.45, 7) is 6.36. The van der Waals surface area contributed by atoms with Gasteiger partial charge in [0.1, 0.15) is 11.4 Å². The van der Waals surface area contributed by atoms with Crippen LogP contribution in [0.1, 0.15) is 37.6 Å². The van der Waals surface area contributed by atoms with Crippen molar-refractivity contribution >= 4 is 23.0 Å². The average Bonchev–Trinajstić information content (AvgIpc) is 3.48. The van der Waals surface area contributed by atoms with E-state index in [1.165, 1.54) is 26.2 Å². The number of aromatic nitrogens is 3. The minimum absolute atomic E-state index is 0.0460. The van der Waals surface area contributed by atoms with Crippen LogP contribution in [0.2, 0.25) is 0 Å². The summed E-state index contributed by atoms with van der Waals surface area (Å²) in [5, 5.41) is 18.0. The lowest BCUT2D eigenvalue weighted by atomic mass is 9.93. The van der Waals surface area contributed by atoms with Crippen LogP contribution in [0.5, 0.6) is 0 Å². The van der Waals surface area contributed by atoms with E-state index in [2.05, 4.69) is 22.3 Å². The summed E-state index contributed by atoms with van der Waals surface area (Å²) in [4.78, 5) is 30.4. The first-order valence-corrected chi connectivity index (χ1v) is 11.7. The molecule has 0 aromatic carbocycles. The van der Waals surface area contributed by atoms with Gasteiger partial charge in [-0.1, -0.05) is 6.92 Å². The van der Waals surface area contributed by atoms with E-state index in [4.69, 9.17) is 5.73 Å². The minimum atomic E-state index is -1.39. The Kier molecular flexibility index (Phi) is 5.51. The SMILES string of the molecule is C[C@H]1[C@@H]2CN(C(=O)C(C)(C)O)C[C@H]2C[C@H]1Nc1c(C(N)=O)cnn2cc(-c3ccncc3F)cc12. The monoisotopic (exact) mass is 480 g/mol. The van der Waals surface area contributed by atoms with E-state index in [0.29, 0.717) is 35.4 Å². The maximum Gasteiger partial charge on any atom is 0.253 e. The van der Waals surface area contributed by atoms with Gasteiger partial charge in [-0.15, -0.1) is 0 Å². The van der Waals surface area contributed by atoms with Gasteiger partial charge in [-0.3, -0.25) is 14.6 Å². The summed E-state index contributed by atoms with van der Waals surface area (Å²) < 4.78 is 16.0. The fourth-order valence-corrected chi connectivity index (χ4v) is 5.66. The molecule has 0 unspecified atom stereocenters. The number of nitrogens with two attached hydrogens (primary N) is 1. The van der Waals surface area contributed by atoms with Crippen molar-refractivity contribution < 1.29 is 19.1 Å². The van der Waals surface area contributed by atoms with Crippen molar-refractivity contribution in [1.29, 1.82) is 0 Å². The number of anilines is 1. The summed E-state index contributed by atoms with van der Waals surface area (Å²) in [5.41, 5.74) is 6.73. The van der Waals surface area contributed by atoms with Gasteiger partial charge >= 0.3 is 0 Å². The van der Waals surface area contributed by atoms with Crippen molar-refractivity contribution in [3.63, 3.8) is 0 Å². The number of hydrogen-bond donors (Lipinski definition) is 3. The highest BCUT2D eigenvalue weighted by molar-refractivity contribution is 6.02. The van der Waals surface area contributed by atoms with Crippen LogP contribution < -0.4 is 11.1 Å². The molecule has 0 spiro atoms. The van der Waals surface area contributed by atoms with Gasteiger partial charge in [0.25, 0.3) is 11.8 Å². The average molecular weight is 481 g/mol. The third kappa shape index (κ3) is 4.01. The molecular formula is C25H29FN6O3. The topological polar surface area (TPSA) is 126 Å². The van der Waals surface area contributed by atoms with Crippen molar-refractivity contribution in [2.75, 3.05) is 18.4 Å². The molecule has 1 saturated heterocycles. The molecule has 184 valence electrons. The second kappa shape index (κ2) is 8.30. The number of likely N-dealkylation sites (tertiary alicyclic amines) is 1. The zero-order valence-electron chi connectivity index (χ0n) is 19.9. The number of aliphatic hydroxyl groups is 1. The van der Waals surface area contributed by atoms with E-state index >= 15 is 0 Å². The van der Waals surface area contributed by atoms with Gasteiger partial charge < -0.3 is 21.1 Å². The number of amides is 2. The molecule has 0 bridgehead atoms. The molecule has 1 aliphatic carbocycles. The third-order valence-corrected chi connectivity index (χ3v) is 7.48. The molecule has 35 heavy (non-hydrogen) atoms. The predicted octanol–water partition coefficient (Wildman–Crippen LogP) is 2.30. The van der Waals surface area contributed by atoms with Gasteiger partial charge in [-0.2, -0.15) is 5.10 Å². The van der Waals surface area contributed by atoms with Crippen LogP contribution in [0, 0.1) is 23.6 Å². The fraction of sp³-hybridized carbons (Fsp3) is 0.440. The van der Waals surface area contributed by atoms with E-state index in [-0.39, 0.29) is 35.3 Å². The van der Waals surface area contributed by atoms with Gasteiger partial charge in [0.2, 0.25) is 0 Å². The van der Waals surface area contributed by atoms with Crippen molar-refractivity contribution in [3.05, 3.63) is 48.3 Å². The molecule has 2 amide bonds. The van der Waals surface area contributed by atoms with Crippen LogP contribution in [-0.4, -0.2) is 61.2 Å². The molecule has 4 N–H and O–H groups in total. The quantitative estimate of drug-likeness (QED) is 0.515. The number of primary amides is 1. The standard InChI is InChI=1S/C25H29FN6O3/c1-13-18-12-31(24(34)25(2,3)35)10-14(18)6-20(13)30-22-17(23(27)33)8-29-32-11-15(7-21(22)32)16-4-5-28-9-19(16)26/h4-5,7-9,11,13-14,18,20,30,35H,6,10,12H2,1-3H3,(H2,27,33)/t13-,14+,18-,20+/m0/s1. The Morgan fingerprint density at radius 2 is 2.06 bits per heavy atom. The van der Waals surface area contributed by atoms with Crippen molar-refractivity contribution in [1.82, 2.24) is 19.5 Å². The molecule has 2 aliphatic rings. The first kappa shape index (κ1) is 23.2. The highest BCUT2D eigenvalue weighted by atomic mass is 19.1. The summed E-state index contributed by atoms with van der Waals surface area (Å²) >= 11 is 0. The Labute approximate surface area is 202 Å². The molecule has 10 heteroatoms. The van der Waals surface area contributed by atoms with Crippen LogP contribution in [0.15, 0.2) is 36.9 Å². The van der Waals surface area contributed by atoms with Crippen LogP contribution >= 0.6 is 0 Å². The van der Waals surface area contributed by atoms with E-state index in [9.17, 15) is 19.1 Å². The number of pyridine rings is 1. The second-order valence-electron chi connectivity index (χ2n) is 10.3. The first-order valence-electron chi connectivity index (χ1n) is 11.7. The molecule has 4 atom stereocenters. The number of fused-ring (bicyclic) bond motifs is 2. The van der Waals surface area contributed by atoms with E-state index in [1.54, 1.807) is 27.7 Å². The molecular weight excluding hydrogens is 451 g/mol. The Morgan fingerprint density at radius 1 is 1.29 bits per heavy atom. The van der Waals surface area contributed by atoms with Crippen molar-refractivity contribution in [2.45, 2.75) is 38.8 Å². The number of nitrogens with zero attached hydrogens (tertiary/aromatic N) is 4. The lowest BCUT2D eigenvalue weighted by Crippen LogP contribution is -2.45. The normalized spacial score (nSPS) is 24.1. The van der Waals surface area contributed by atoms with Gasteiger partial charge in [0.15, 0.2) is 0 Å². The van der Waals surface area contributed by atoms with E-state index in [1.807, 2.05) is 0 Å².